The highest BCUT2D eigenvalue weighted by Gasteiger charge is 2.09. The van der Waals surface area contributed by atoms with Gasteiger partial charge in [-0.1, -0.05) is 36.4 Å². The zero-order valence-electron chi connectivity index (χ0n) is 12.6. The normalized spacial score (nSPS) is 13.0. The van der Waals surface area contributed by atoms with E-state index in [2.05, 4.69) is 66.8 Å². The molecule has 0 radical (unpaired) electrons. The first kappa shape index (κ1) is 15.4. The average molecular weight is 288 g/mol. The van der Waals surface area contributed by atoms with Crippen molar-refractivity contribution in [1.82, 2.24) is 10.2 Å². The van der Waals surface area contributed by atoms with E-state index in [0.29, 0.717) is 6.04 Å². The van der Waals surface area contributed by atoms with E-state index in [4.69, 9.17) is 0 Å². The fourth-order valence-corrected chi connectivity index (χ4v) is 3.47. The summed E-state index contributed by atoms with van der Waals surface area (Å²) in [5.74, 6) is 2.29. The molecule has 0 fully saturated rings. The van der Waals surface area contributed by atoms with Crippen LogP contribution in [0.2, 0.25) is 0 Å². The van der Waals surface area contributed by atoms with Crippen molar-refractivity contribution >= 4 is 22.5 Å². The molecule has 0 spiro atoms. The molecule has 0 heterocycles. The third-order valence-corrected chi connectivity index (χ3v) is 4.53. The Morgan fingerprint density at radius 1 is 1.10 bits per heavy atom. The van der Waals surface area contributed by atoms with Crippen molar-refractivity contribution in [2.45, 2.75) is 6.04 Å². The molecule has 0 aliphatic carbocycles. The van der Waals surface area contributed by atoms with Crippen LogP contribution in [-0.4, -0.2) is 44.1 Å². The molecule has 108 valence electrons. The smallest absolute Gasteiger partial charge is 0.0409 e. The second-order valence-corrected chi connectivity index (χ2v) is 6.48. The molecule has 0 amide bonds. The topological polar surface area (TPSA) is 15.3 Å². The Hall–Kier alpha value is -1.03. The molecule has 0 aromatic heterocycles. The minimum Gasteiger partial charge on any atom is -0.312 e. The lowest BCUT2D eigenvalue weighted by Gasteiger charge is -2.17. The molecule has 1 atom stereocenters. The summed E-state index contributed by atoms with van der Waals surface area (Å²) >= 11 is 2.01. The number of hydrogen-bond acceptors (Lipinski definition) is 3. The summed E-state index contributed by atoms with van der Waals surface area (Å²) in [6.07, 6.45) is 0. The predicted molar refractivity (Wildman–Crippen MR) is 91.6 cm³/mol. The summed E-state index contributed by atoms with van der Waals surface area (Å²) < 4.78 is 0. The zero-order chi connectivity index (χ0) is 14.4. The van der Waals surface area contributed by atoms with Crippen LogP contribution in [0.4, 0.5) is 0 Å². The summed E-state index contributed by atoms with van der Waals surface area (Å²) in [6, 6.07) is 15.7. The third kappa shape index (κ3) is 4.23. The Kier molecular flexibility index (Phi) is 5.89. The molecule has 0 saturated heterocycles. The summed E-state index contributed by atoms with van der Waals surface area (Å²) in [4.78, 5) is 2.23. The van der Waals surface area contributed by atoms with Gasteiger partial charge >= 0.3 is 0 Å². The van der Waals surface area contributed by atoms with Gasteiger partial charge in [0, 0.05) is 24.1 Å². The number of benzene rings is 2. The molecule has 2 nitrogen and oxygen atoms in total. The SMILES string of the molecule is CNC(CSCCN(C)C)c1ccc2ccccc2c1. The molecular formula is C17H24N2S. The van der Waals surface area contributed by atoms with Crippen LogP contribution in [0.3, 0.4) is 0 Å². The molecule has 1 N–H and O–H groups in total. The highest BCUT2D eigenvalue weighted by atomic mass is 32.2. The van der Waals surface area contributed by atoms with Crippen LogP contribution in [-0.2, 0) is 0 Å². The van der Waals surface area contributed by atoms with Crippen molar-refractivity contribution in [2.24, 2.45) is 0 Å². The van der Waals surface area contributed by atoms with Gasteiger partial charge in [0.1, 0.15) is 0 Å². The van der Waals surface area contributed by atoms with Crippen LogP contribution < -0.4 is 5.32 Å². The Labute approximate surface area is 126 Å². The highest BCUT2D eigenvalue weighted by Crippen LogP contribution is 2.23. The quantitative estimate of drug-likeness (QED) is 0.786. The van der Waals surface area contributed by atoms with E-state index >= 15 is 0 Å². The molecule has 2 aromatic rings. The van der Waals surface area contributed by atoms with Crippen LogP contribution in [0.5, 0.6) is 0 Å². The fourth-order valence-electron chi connectivity index (χ4n) is 2.22. The monoisotopic (exact) mass is 288 g/mol. The van der Waals surface area contributed by atoms with Gasteiger partial charge in [-0.15, -0.1) is 0 Å². The lowest BCUT2D eigenvalue weighted by molar-refractivity contribution is 0.437. The maximum atomic E-state index is 3.44. The van der Waals surface area contributed by atoms with Crippen LogP contribution >= 0.6 is 11.8 Å². The van der Waals surface area contributed by atoms with E-state index in [9.17, 15) is 0 Å². The van der Waals surface area contributed by atoms with Crippen molar-refractivity contribution in [1.29, 1.82) is 0 Å². The van der Waals surface area contributed by atoms with Crippen molar-refractivity contribution in [3.63, 3.8) is 0 Å². The van der Waals surface area contributed by atoms with Gasteiger partial charge in [0.05, 0.1) is 0 Å². The predicted octanol–water partition coefficient (Wildman–Crippen LogP) is 3.40. The van der Waals surface area contributed by atoms with Gasteiger partial charge in [0.2, 0.25) is 0 Å². The highest BCUT2D eigenvalue weighted by molar-refractivity contribution is 7.99. The first-order chi connectivity index (χ1) is 9.70. The van der Waals surface area contributed by atoms with Crippen LogP contribution in [0, 0.1) is 0 Å². The van der Waals surface area contributed by atoms with Gasteiger partial charge < -0.3 is 10.2 Å². The van der Waals surface area contributed by atoms with Gasteiger partial charge in [-0.25, -0.2) is 0 Å². The van der Waals surface area contributed by atoms with E-state index in [1.807, 2.05) is 18.8 Å². The van der Waals surface area contributed by atoms with Crippen molar-refractivity contribution < 1.29 is 0 Å². The minimum atomic E-state index is 0.423. The van der Waals surface area contributed by atoms with Crippen molar-refractivity contribution in [3.8, 4) is 0 Å². The number of hydrogen-bond donors (Lipinski definition) is 1. The van der Waals surface area contributed by atoms with Gasteiger partial charge in [-0.05, 0) is 43.5 Å². The largest absolute Gasteiger partial charge is 0.312 e. The minimum absolute atomic E-state index is 0.423. The maximum Gasteiger partial charge on any atom is 0.0409 e. The lowest BCUT2D eigenvalue weighted by Crippen LogP contribution is -2.20. The molecule has 3 heteroatoms. The molecule has 2 aromatic carbocycles. The summed E-state index contributed by atoms with van der Waals surface area (Å²) in [7, 11) is 6.30. The molecule has 0 aliphatic rings. The number of thioether (sulfide) groups is 1. The average Bonchev–Trinajstić information content (AvgIpc) is 2.46. The number of nitrogens with zero attached hydrogens (tertiary/aromatic N) is 1. The summed E-state index contributed by atoms with van der Waals surface area (Å²) in [5, 5.41) is 6.07. The molecule has 0 saturated carbocycles. The molecule has 2 rings (SSSR count). The lowest BCUT2D eigenvalue weighted by atomic mass is 10.0. The van der Waals surface area contributed by atoms with E-state index < -0.39 is 0 Å². The van der Waals surface area contributed by atoms with Crippen LogP contribution in [0.1, 0.15) is 11.6 Å². The van der Waals surface area contributed by atoms with Crippen molar-refractivity contribution in [2.75, 3.05) is 39.2 Å². The summed E-state index contributed by atoms with van der Waals surface area (Å²) in [5.41, 5.74) is 1.38. The van der Waals surface area contributed by atoms with Gasteiger partial charge in [0.25, 0.3) is 0 Å². The second-order valence-electron chi connectivity index (χ2n) is 5.33. The van der Waals surface area contributed by atoms with Crippen molar-refractivity contribution in [3.05, 3.63) is 48.0 Å². The first-order valence-electron chi connectivity index (χ1n) is 7.09. The van der Waals surface area contributed by atoms with Crippen LogP contribution in [0.25, 0.3) is 10.8 Å². The van der Waals surface area contributed by atoms with Gasteiger partial charge in [0.15, 0.2) is 0 Å². The number of fused-ring (bicyclic) bond motifs is 1. The fraction of sp³-hybridized carbons (Fsp3) is 0.412. The Morgan fingerprint density at radius 2 is 1.85 bits per heavy atom. The second kappa shape index (κ2) is 7.67. The standard InChI is InChI=1S/C17H24N2S/c1-18-17(13-20-11-10-19(2)3)16-9-8-14-6-4-5-7-15(14)12-16/h4-9,12,17-18H,10-11,13H2,1-3H3. The molecule has 0 aliphatic heterocycles. The Balaban J connectivity index is 2.01. The van der Waals surface area contributed by atoms with E-state index in [-0.39, 0.29) is 0 Å². The van der Waals surface area contributed by atoms with Gasteiger partial charge in [-0.3, -0.25) is 0 Å². The first-order valence-corrected chi connectivity index (χ1v) is 8.24. The Morgan fingerprint density at radius 3 is 2.55 bits per heavy atom. The molecular weight excluding hydrogens is 264 g/mol. The van der Waals surface area contributed by atoms with E-state index in [0.717, 1.165) is 12.3 Å². The van der Waals surface area contributed by atoms with Gasteiger partial charge in [-0.2, -0.15) is 11.8 Å². The maximum absolute atomic E-state index is 3.44. The number of nitrogens with one attached hydrogen (secondary N) is 1. The van der Waals surface area contributed by atoms with E-state index in [1.54, 1.807) is 0 Å². The third-order valence-electron chi connectivity index (χ3n) is 3.49. The zero-order valence-corrected chi connectivity index (χ0v) is 13.4. The molecule has 0 bridgehead atoms. The molecule has 20 heavy (non-hydrogen) atoms. The van der Waals surface area contributed by atoms with Crippen LogP contribution in [0.15, 0.2) is 42.5 Å². The van der Waals surface area contributed by atoms with E-state index in [1.165, 1.54) is 22.1 Å². The number of rotatable bonds is 7. The Bertz CT molecular complexity index is 539. The summed E-state index contributed by atoms with van der Waals surface area (Å²) in [6.45, 7) is 1.14. The molecule has 1 unspecified atom stereocenters.